The molecule has 0 fully saturated rings. The van der Waals surface area contributed by atoms with E-state index in [4.69, 9.17) is 9.84 Å². The summed E-state index contributed by atoms with van der Waals surface area (Å²) in [5, 5.41) is 7.00. The molecule has 3 heteroatoms. The predicted octanol–water partition coefficient (Wildman–Crippen LogP) is 1.26. The van der Waals surface area contributed by atoms with Crippen LogP contribution < -0.4 is 4.74 Å². The van der Waals surface area contributed by atoms with Crippen molar-refractivity contribution in [3.8, 4) is 5.75 Å². The van der Waals surface area contributed by atoms with E-state index >= 15 is 0 Å². The second kappa shape index (κ2) is 6.61. The zero-order valence-corrected chi connectivity index (χ0v) is 7.74. The van der Waals surface area contributed by atoms with E-state index in [0.717, 1.165) is 25.0 Å². The Balaban J connectivity index is 0.000000561. The van der Waals surface area contributed by atoms with E-state index in [9.17, 15) is 0 Å². The number of methoxy groups -OCH3 is 1. The smallest absolute Gasteiger partial charge is 0.137 e. The Bertz CT molecular complexity index is 173. The summed E-state index contributed by atoms with van der Waals surface area (Å²) in [4.78, 5) is 4.14. The molecule has 1 aromatic heterocycles. The van der Waals surface area contributed by atoms with E-state index in [2.05, 4.69) is 11.9 Å². The minimum absolute atomic E-state index is 0.817. The molecule has 0 amide bonds. The second-order valence-electron chi connectivity index (χ2n) is 2.04. The molecule has 0 unspecified atom stereocenters. The van der Waals surface area contributed by atoms with Gasteiger partial charge < -0.3 is 9.84 Å². The van der Waals surface area contributed by atoms with E-state index in [0.29, 0.717) is 0 Å². The van der Waals surface area contributed by atoms with Crippen LogP contribution in [0.15, 0.2) is 18.3 Å². The number of rotatable bonds is 2. The fourth-order valence-corrected chi connectivity index (χ4v) is 0.741. The van der Waals surface area contributed by atoms with Gasteiger partial charge in [0, 0.05) is 12.8 Å². The fraction of sp³-hybridized carbons (Fsp3) is 0.444. The van der Waals surface area contributed by atoms with Gasteiger partial charge in [0.25, 0.3) is 0 Å². The van der Waals surface area contributed by atoms with Crippen molar-refractivity contribution in [1.82, 2.24) is 4.98 Å². The number of aliphatic hydroxyl groups excluding tert-OH is 1. The molecule has 0 radical (unpaired) electrons. The van der Waals surface area contributed by atoms with Gasteiger partial charge in [0.2, 0.25) is 0 Å². The molecule has 3 nitrogen and oxygen atoms in total. The highest BCUT2D eigenvalue weighted by molar-refractivity contribution is 5.19. The van der Waals surface area contributed by atoms with E-state index in [1.54, 1.807) is 13.3 Å². The van der Waals surface area contributed by atoms with Gasteiger partial charge >= 0.3 is 0 Å². The summed E-state index contributed by atoms with van der Waals surface area (Å²) in [5.41, 5.74) is 1.10. The molecule has 0 aliphatic carbocycles. The number of ether oxygens (including phenoxy) is 1. The van der Waals surface area contributed by atoms with Crippen LogP contribution in [0.4, 0.5) is 0 Å². The van der Waals surface area contributed by atoms with E-state index < -0.39 is 0 Å². The molecule has 0 spiro atoms. The van der Waals surface area contributed by atoms with Crippen LogP contribution in [0.25, 0.3) is 0 Å². The highest BCUT2D eigenvalue weighted by Gasteiger charge is 1.90. The molecule has 0 atom stereocenters. The Morgan fingerprint density at radius 2 is 2.08 bits per heavy atom. The lowest BCUT2D eigenvalue weighted by atomic mass is 10.3. The maximum Gasteiger partial charge on any atom is 0.137 e. The second-order valence-corrected chi connectivity index (χ2v) is 2.04. The molecule has 0 bridgehead atoms. The highest BCUT2D eigenvalue weighted by atomic mass is 16.5. The lowest BCUT2D eigenvalue weighted by Gasteiger charge is -1.98. The molecular formula is C9H15NO2. The Hall–Kier alpha value is -1.09. The molecule has 0 aliphatic heterocycles. The quantitative estimate of drug-likeness (QED) is 0.724. The fourth-order valence-electron chi connectivity index (χ4n) is 0.741. The van der Waals surface area contributed by atoms with Gasteiger partial charge in [0.1, 0.15) is 5.75 Å². The third-order valence-electron chi connectivity index (χ3n) is 1.40. The molecule has 1 heterocycles. The third kappa shape index (κ3) is 3.34. The molecule has 1 rings (SSSR count). The van der Waals surface area contributed by atoms with Crippen LogP contribution in [0, 0.1) is 0 Å². The van der Waals surface area contributed by atoms with Crippen LogP contribution in [-0.2, 0) is 6.42 Å². The van der Waals surface area contributed by atoms with Crippen molar-refractivity contribution in [2.24, 2.45) is 0 Å². The van der Waals surface area contributed by atoms with Crippen molar-refractivity contribution in [2.75, 3.05) is 14.2 Å². The van der Waals surface area contributed by atoms with Gasteiger partial charge in [0.05, 0.1) is 13.3 Å². The van der Waals surface area contributed by atoms with Gasteiger partial charge in [-0.15, -0.1) is 0 Å². The number of aryl methyl sites for hydroxylation is 1. The van der Waals surface area contributed by atoms with Gasteiger partial charge in [-0.05, 0) is 18.6 Å². The van der Waals surface area contributed by atoms with Gasteiger partial charge in [-0.25, -0.2) is 0 Å². The first-order chi connectivity index (χ1) is 5.86. The molecule has 0 saturated carbocycles. The summed E-state index contributed by atoms with van der Waals surface area (Å²) >= 11 is 0. The summed E-state index contributed by atoms with van der Waals surface area (Å²) in [7, 11) is 2.64. The number of hydrogen-bond donors (Lipinski definition) is 1. The highest BCUT2D eigenvalue weighted by Crippen LogP contribution is 2.07. The summed E-state index contributed by atoms with van der Waals surface area (Å²) in [5.74, 6) is 0.817. The summed E-state index contributed by atoms with van der Waals surface area (Å²) in [6.07, 6.45) is 2.71. The van der Waals surface area contributed by atoms with Gasteiger partial charge in [-0.2, -0.15) is 0 Å². The van der Waals surface area contributed by atoms with Crippen LogP contribution in [-0.4, -0.2) is 24.3 Å². The van der Waals surface area contributed by atoms with E-state index in [1.165, 1.54) is 0 Å². The van der Waals surface area contributed by atoms with E-state index in [1.807, 2.05) is 12.1 Å². The first-order valence-electron chi connectivity index (χ1n) is 3.80. The molecule has 0 aromatic carbocycles. The first kappa shape index (κ1) is 10.9. The average Bonchev–Trinajstić information content (AvgIpc) is 2.21. The predicted molar refractivity (Wildman–Crippen MR) is 48.3 cm³/mol. The topological polar surface area (TPSA) is 42.4 Å². The van der Waals surface area contributed by atoms with Crippen LogP contribution in [0.1, 0.15) is 12.6 Å². The van der Waals surface area contributed by atoms with Crippen LogP contribution in [0.3, 0.4) is 0 Å². The standard InChI is InChI=1S/C8H11NO.CH4O/c1-3-7-4-5-8(10-2)6-9-7;1-2/h4-6H,3H2,1-2H3;2H,1H3. The lowest BCUT2D eigenvalue weighted by Crippen LogP contribution is -1.87. The van der Waals surface area contributed by atoms with Crippen molar-refractivity contribution in [3.63, 3.8) is 0 Å². The molecule has 68 valence electrons. The van der Waals surface area contributed by atoms with Gasteiger partial charge in [0.15, 0.2) is 0 Å². The van der Waals surface area contributed by atoms with Crippen molar-refractivity contribution in [2.45, 2.75) is 13.3 Å². The lowest BCUT2D eigenvalue weighted by molar-refractivity contribution is 0.399. The summed E-state index contributed by atoms with van der Waals surface area (Å²) in [6.45, 7) is 2.08. The van der Waals surface area contributed by atoms with Crippen molar-refractivity contribution in [1.29, 1.82) is 0 Å². The zero-order chi connectivity index (χ0) is 9.40. The number of pyridine rings is 1. The van der Waals surface area contributed by atoms with Crippen molar-refractivity contribution >= 4 is 0 Å². The monoisotopic (exact) mass is 169 g/mol. The Kier molecular flexibility index (Phi) is 6.01. The molecule has 0 aliphatic rings. The first-order valence-corrected chi connectivity index (χ1v) is 3.80. The van der Waals surface area contributed by atoms with Gasteiger partial charge in [-0.1, -0.05) is 6.92 Å². The number of hydrogen-bond acceptors (Lipinski definition) is 3. The number of aliphatic hydroxyl groups is 1. The van der Waals surface area contributed by atoms with Gasteiger partial charge in [-0.3, -0.25) is 4.98 Å². The maximum absolute atomic E-state index is 7.00. The molecule has 1 aromatic rings. The summed E-state index contributed by atoms with van der Waals surface area (Å²) < 4.78 is 4.95. The largest absolute Gasteiger partial charge is 0.495 e. The maximum atomic E-state index is 7.00. The van der Waals surface area contributed by atoms with Crippen molar-refractivity contribution in [3.05, 3.63) is 24.0 Å². The minimum Gasteiger partial charge on any atom is -0.495 e. The molecule has 0 saturated heterocycles. The normalized spacial score (nSPS) is 8.33. The molecular weight excluding hydrogens is 154 g/mol. The minimum atomic E-state index is 0.817. The molecule has 1 N–H and O–H groups in total. The number of nitrogens with zero attached hydrogens (tertiary/aromatic N) is 1. The Morgan fingerprint density at radius 3 is 2.42 bits per heavy atom. The van der Waals surface area contributed by atoms with Crippen LogP contribution in [0.2, 0.25) is 0 Å². The Labute approximate surface area is 73.0 Å². The van der Waals surface area contributed by atoms with E-state index in [-0.39, 0.29) is 0 Å². The number of aromatic nitrogens is 1. The third-order valence-corrected chi connectivity index (χ3v) is 1.40. The zero-order valence-electron chi connectivity index (χ0n) is 7.74. The van der Waals surface area contributed by atoms with Crippen molar-refractivity contribution < 1.29 is 9.84 Å². The average molecular weight is 169 g/mol. The Morgan fingerprint density at radius 1 is 1.42 bits per heavy atom. The van der Waals surface area contributed by atoms with Crippen LogP contribution >= 0.6 is 0 Å². The molecule has 12 heavy (non-hydrogen) atoms. The van der Waals surface area contributed by atoms with Crippen LogP contribution in [0.5, 0.6) is 5.75 Å². The SMILES string of the molecule is CCc1ccc(OC)cn1.CO. The summed E-state index contributed by atoms with van der Waals surface area (Å²) in [6, 6.07) is 3.89.